The third-order valence-electron chi connectivity index (χ3n) is 2.96. The second kappa shape index (κ2) is 5.70. The van der Waals surface area contributed by atoms with Gasteiger partial charge in [0, 0.05) is 12.1 Å². The molecule has 0 saturated carbocycles. The van der Waals surface area contributed by atoms with Gasteiger partial charge in [-0.25, -0.2) is 8.78 Å². The molecule has 0 radical (unpaired) electrons. The van der Waals surface area contributed by atoms with Crippen molar-refractivity contribution in [2.45, 2.75) is 18.9 Å². The van der Waals surface area contributed by atoms with Crippen LogP contribution in [0.3, 0.4) is 0 Å². The number of hydrogen-bond acceptors (Lipinski definition) is 2. The Kier molecular flexibility index (Phi) is 3.99. The summed E-state index contributed by atoms with van der Waals surface area (Å²) in [5.41, 5.74) is 0.474. The third-order valence-corrected chi connectivity index (χ3v) is 2.96. The van der Waals surface area contributed by atoms with E-state index in [4.69, 9.17) is 0 Å². The van der Waals surface area contributed by atoms with E-state index in [0.717, 1.165) is 5.56 Å². The first-order chi connectivity index (χ1) is 9.50. The van der Waals surface area contributed by atoms with Crippen LogP contribution in [0.5, 0.6) is 0 Å². The molecule has 0 saturated heterocycles. The van der Waals surface area contributed by atoms with Crippen molar-refractivity contribution in [2.24, 2.45) is 0 Å². The molecule has 0 spiro atoms. The van der Waals surface area contributed by atoms with Gasteiger partial charge >= 0.3 is 0 Å². The lowest BCUT2D eigenvalue weighted by molar-refractivity contribution is 0.612. The van der Waals surface area contributed by atoms with E-state index in [9.17, 15) is 14.0 Å². The number of anilines is 1. The molecule has 0 aliphatic heterocycles. The van der Waals surface area contributed by atoms with Gasteiger partial charge in [0.25, 0.3) is 0 Å². The summed E-state index contributed by atoms with van der Waals surface area (Å²) in [6.45, 7) is 1.72. The summed E-state index contributed by atoms with van der Waals surface area (Å²) in [6.07, 6.45) is 0.346. The number of halogens is 2. The molecular weight excluding hydrogens is 258 g/mol. The second-order valence-corrected chi connectivity index (χ2v) is 4.88. The highest BCUT2D eigenvalue weighted by atomic mass is 19.1. The van der Waals surface area contributed by atoms with Gasteiger partial charge in [0.05, 0.1) is 6.07 Å². The minimum absolute atomic E-state index is 0.329. The van der Waals surface area contributed by atoms with Crippen molar-refractivity contribution in [1.29, 1.82) is 5.26 Å². The molecule has 2 nitrogen and oxygen atoms in total. The zero-order valence-corrected chi connectivity index (χ0v) is 11.0. The third kappa shape index (κ3) is 3.55. The quantitative estimate of drug-likeness (QED) is 0.916. The Morgan fingerprint density at radius 3 is 2.40 bits per heavy atom. The lowest BCUT2D eigenvalue weighted by Crippen LogP contribution is -2.35. The van der Waals surface area contributed by atoms with Crippen molar-refractivity contribution in [3.05, 3.63) is 65.7 Å². The molecule has 0 aliphatic rings. The summed E-state index contributed by atoms with van der Waals surface area (Å²) >= 11 is 0. The molecule has 4 heteroatoms. The highest BCUT2D eigenvalue weighted by Crippen LogP contribution is 2.20. The fraction of sp³-hybridized carbons (Fsp3) is 0.188. The van der Waals surface area contributed by atoms with Gasteiger partial charge in [-0.15, -0.1) is 0 Å². The molecule has 1 unspecified atom stereocenters. The molecule has 0 bridgehead atoms. The molecule has 102 valence electrons. The molecule has 0 fully saturated rings. The van der Waals surface area contributed by atoms with Crippen LogP contribution in [0.2, 0.25) is 0 Å². The summed E-state index contributed by atoms with van der Waals surface area (Å²) in [5, 5.41) is 12.4. The Balaban J connectivity index is 2.17. The standard InChI is InChI=1S/C16H14F2N2/c1-16(11-19,10-12-3-2-4-14(18)9-12)20-15-7-5-13(17)6-8-15/h2-9,20H,10H2,1H3. The molecule has 1 atom stereocenters. The Morgan fingerprint density at radius 1 is 1.10 bits per heavy atom. The number of nitrogens with one attached hydrogen (secondary N) is 1. The molecule has 2 aromatic carbocycles. The Morgan fingerprint density at radius 2 is 1.80 bits per heavy atom. The van der Waals surface area contributed by atoms with Crippen LogP contribution in [0.4, 0.5) is 14.5 Å². The van der Waals surface area contributed by atoms with Crippen LogP contribution < -0.4 is 5.32 Å². The first-order valence-corrected chi connectivity index (χ1v) is 6.20. The molecule has 0 heterocycles. The number of nitriles is 1. The topological polar surface area (TPSA) is 35.8 Å². The van der Waals surface area contributed by atoms with Gasteiger partial charge in [-0.2, -0.15) is 5.26 Å². The van der Waals surface area contributed by atoms with Gasteiger partial charge in [0.15, 0.2) is 0 Å². The molecule has 2 aromatic rings. The summed E-state index contributed by atoms with van der Waals surface area (Å²) in [7, 11) is 0. The number of nitrogens with zero attached hydrogens (tertiary/aromatic N) is 1. The number of hydrogen-bond donors (Lipinski definition) is 1. The number of benzene rings is 2. The number of rotatable bonds is 4. The van der Waals surface area contributed by atoms with Gasteiger partial charge in [0.2, 0.25) is 0 Å². The van der Waals surface area contributed by atoms with Gasteiger partial charge < -0.3 is 5.32 Å². The molecular formula is C16H14F2N2. The van der Waals surface area contributed by atoms with Crippen LogP contribution in [-0.2, 0) is 6.42 Å². The predicted molar refractivity (Wildman–Crippen MR) is 74.1 cm³/mol. The van der Waals surface area contributed by atoms with E-state index in [1.165, 1.54) is 24.3 Å². The van der Waals surface area contributed by atoms with E-state index in [0.29, 0.717) is 12.1 Å². The minimum Gasteiger partial charge on any atom is -0.367 e. The zero-order chi connectivity index (χ0) is 14.6. The molecule has 0 amide bonds. The van der Waals surface area contributed by atoms with Crippen molar-refractivity contribution in [2.75, 3.05) is 5.32 Å². The highest BCUT2D eigenvalue weighted by molar-refractivity contribution is 5.48. The van der Waals surface area contributed by atoms with Crippen LogP contribution in [-0.4, -0.2) is 5.54 Å². The van der Waals surface area contributed by atoms with Gasteiger partial charge in [-0.1, -0.05) is 12.1 Å². The fourth-order valence-electron chi connectivity index (χ4n) is 2.02. The largest absolute Gasteiger partial charge is 0.367 e. The summed E-state index contributed by atoms with van der Waals surface area (Å²) in [4.78, 5) is 0. The average Bonchev–Trinajstić information content (AvgIpc) is 2.41. The lowest BCUT2D eigenvalue weighted by Gasteiger charge is -2.24. The zero-order valence-electron chi connectivity index (χ0n) is 11.0. The smallest absolute Gasteiger partial charge is 0.126 e. The van der Waals surface area contributed by atoms with Gasteiger partial charge in [-0.3, -0.25) is 0 Å². The summed E-state index contributed by atoms with van der Waals surface area (Å²) in [6, 6.07) is 14.1. The van der Waals surface area contributed by atoms with Crippen LogP contribution in [0.25, 0.3) is 0 Å². The average molecular weight is 272 g/mol. The Labute approximate surface area is 116 Å². The van der Waals surface area contributed by atoms with E-state index in [1.54, 1.807) is 31.2 Å². The van der Waals surface area contributed by atoms with Crippen molar-refractivity contribution in [3.8, 4) is 6.07 Å². The van der Waals surface area contributed by atoms with E-state index in [-0.39, 0.29) is 11.6 Å². The second-order valence-electron chi connectivity index (χ2n) is 4.88. The first-order valence-electron chi connectivity index (χ1n) is 6.20. The van der Waals surface area contributed by atoms with Crippen molar-refractivity contribution >= 4 is 5.69 Å². The highest BCUT2D eigenvalue weighted by Gasteiger charge is 2.24. The van der Waals surface area contributed by atoms with Crippen molar-refractivity contribution < 1.29 is 8.78 Å². The van der Waals surface area contributed by atoms with Crippen LogP contribution in [0.15, 0.2) is 48.5 Å². The Hall–Kier alpha value is -2.41. The Bertz CT molecular complexity index is 632. The summed E-state index contributed by atoms with van der Waals surface area (Å²) in [5.74, 6) is -0.663. The maximum absolute atomic E-state index is 13.2. The van der Waals surface area contributed by atoms with E-state index in [2.05, 4.69) is 11.4 Å². The normalized spacial score (nSPS) is 13.3. The van der Waals surface area contributed by atoms with E-state index < -0.39 is 5.54 Å². The van der Waals surface area contributed by atoms with E-state index >= 15 is 0 Å². The van der Waals surface area contributed by atoms with Crippen molar-refractivity contribution in [1.82, 2.24) is 0 Å². The lowest BCUT2D eigenvalue weighted by atomic mass is 9.94. The van der Waals surface area contributed by atoms with Gasteiger partial charge in [0.1, 0.15) is 17.2 Å². The van der Waals surface area contributed by atoms with Crippen LogP contribution >= 0.6 is 0 Å². The van der Waals surface area contributed by atoms with Crippen LogP contribution in [0.1, 0.15) is 12.5 Å². The molecule has 2 rings (SSSR count). The predicted octanol–water partition coefficient (Wildman–Crippen LogP) is 3.90. The fourth-order valence-corrected chi connectivity index (χ4v) is 2.02. The molecule has 0 aliphatic carbocycles. The van der Waals surface area contributed by atoms with Crippen molar-refractivity contribution in [3.63, 3.8) is 0 Å². The first kappa shape index (κ1) is 14.0. The molecule has 0 aromatic heterocycles. The minimum atomic E-state index is -0.897. The maximum Gasteiger partial charge on any atom is 0.126 e. The molecule has 1 N–H and O–H groups in total. The molecule has 20 heavy (non-hydrogen) atoms. The summed E-state index contributed by atoms with van der Waals surface area (Å²) < 4.78 is 26.0. The maximum atomic E-state index is 13.2. The van der Waals surface area contributed by atoms with Gasteiger partial charge in [-0.05, 0) is 48.9 Å². The van der Waals surface area contributed by atoms with Crippen LogP contribution in [0, 0.1) is 23.0 Å². The van der Waals surface area contributed by atoms with E-state index in [1.807, 2.05) is 0 Å². The monoisotopic (exact) mass is 272 g/mol. The SMILES string of the molecule is CC(C#N)(Cc1cccc(F)c1)Nc1ccc(F)cc1.